The molecule has 6 heteroatoms. The molecule has 6 nitrogen and oxygen atoms in total. The van der Waals surface area contributed by atoms with Crippen molar-refractivity contribution in [1.29, 1.82) is 0 Å². The molecule has 2 amide bonds. The molecule has 1 saturated carbocycles. The molecule has 0 saturated heterocycles. The number of carbonyl (C=O) groups is 2. The fourth-order valence-electron chi connectivity index (χ4n) is 4.69. The Labute approximate surface area is 203 Å². The molecule has 184 valence electrons. The van der Waals surface area contributed by atoms with Gasteiger partial charge in [0.05, 0.1) is 14.2 Å². The SMILES string of the molecule is CC[C@@H](C(=O)NC1CCCC1)N(CCc1ccccc1)C(=O)CCc1ccc(OC)c(OC)c1. The minimum Gasteiger partial charge on any atom is -0.493 e. The number of ether oxygens (including phenoxy) is 2. The predicted molar refractivity (Wildman–Crippen MR) is 134 cm³/mol. The zero-order valence-corrected chi connectivity index (χ0v) is 20.7. The predicted octanol–water partition coefficient (Wildman–Crippen LogP) is 4.55. The minimum atomic E-state index is -0.456. The van der Waals surface area contributed by atoms with Crippen LogP contribution in [0.3, 0.4) is 0 Å². The fraction of sp³-hybridized carbons (Fsp3) is 0.500. The van der Waals surface area contributed by atoms with E-state index in [0.717, 1.165) is 43.2 Å². The van der Waals surface area contributed by atoms with Crippen LogP contribution in [-0.2, 0) is 22.4 Å². The molecule has 2 aromatic rings. The first kappa shape index (κ1) is 25.6. The normalized spacial score (nSPS) is 14.4. The lowest BCUT2D eigenvalue weighted by Gasteiger charge is -2.31. The minimum absolute atomic E-state index is 0.000798. The van der Waals surface area contributed by atoms with Gasteiger partial charge in [0.2, 0.25) is 11.8 Å². The monoisotopic (exact) mass is 466 g/mol. The van der Waals surface area contributed by atoms with Gasteiger partial charge in [-0.3, -0.25) is 9.59 Å². The molecule has 0 spiro atoms. The summed E-state index contributed by atoms with van der Waals surface area (Å²) in [6.07, 6.45) is 6.58. The third kappa shape index (κ3) is 6.99. The summed E-state index contributed by atoms with van der Waals surface area (Å²) in [5, 5.41) is 3.20. The highest BCUT2D eigenvalue weighted by molar-refractivity contribution is 5.88. The van der Waals surface area contributed by atoms with Gasteiger partial charge in [0, 0.05) is 19.0 Å². The van der Waals surface area contributed by atoms with E-state index in [1.165, 1.54) is 0 Å². The van der Waals surface area contributed by atoms with Gasteiger partial charge in [0.25, 0.3) is 0 Å². The number of hydrogen-bond donors (Lipinski definition) is 1. The lowest BCUT2D eigenvalue weighted by atomic mass is 10.0. The van der Waals surface area contributed by atoms with Gasteiger partial charge in [-0.15, -0.1) is 0 Å². The highest BCUT2D eigenvalue weighted by Crippen LogP contribution is 2.28. The lowest BCUT2D eigenvalue weighted by Crippen LogP contribution is -2.51. The van der Waals surface area contributed by atoms with Crippen LogP contribution < -0.4 is 14.8 Å². The van der Waals surface area contributed by atoms with Crippen molar-refractivity contribution in [2.45, 2.75) is 70.4 Å². The van der Waals surface area contributed by atoms with Crippen LogP contribution >= 0.6 is 0 Å². The van der Waals surface area contributed by atoms with Crippen LogP contribution in [0.5, 0.6) is 11.5 Å². The van der Waals surface area contributed by atoms with E-state index in [-0.39, 0.29) is 17.9 Å². The molecule has 0 radical (unpaired) electrons. The van der Waals surface area contributed by atoms with E-state index >= 15 is 0 Å². The third-order valence-electron chi connectivity index (χ3n) is 6.65. The summed E-state index contributed by atoms with van der Waals surface area (Å²) in [6.45, 7) is 2.50. The van der Waals surface area contributed by atoms with Gasteiger partial charge in [-0.1, -0.05) is 56.2 Å². The standard InChI is InChI=1S/C28H38N2O4/c1-4-24(28(32)29-23-12-8-9-13-23)30(19-18-21-10-6-5-7-11-21)27(31)17-15-22-14-16-25(33-2)26(20-22)34-3/h5-7,10-11,14,16,20,23-24H,4,8-9,12-13,15,17-19H2,1-3H3,(H,29,32)/t24-/m0/s1. The Morgan fingerprint density at radius 1 is 0.971 bits per heavy atom. The topological polar surface area (TPSA) is 67.9 Å². The van der Waals surface area contributed by atoms with Crippen LogP contribution in [0.2, 0.25) is 0 Å². The summed E-state index contributed by atoms with van der Waals surface area (Å²) < 4.78 is 10.7. The van der Waals surface area contributed by atoms with E-state index in [1.807, 2.05) is 43.3 Å². The second-order valence-electron chi connectivity index (χ2n) is 8.93. The van der Waals surface area contributed by atoms with Gasteiger partial charge in [0.15, 0.2) is 11.5 Å². The number of carbonyl (C=O) groups excluding carboxylic acids is 2. The van der Waals surface area contributed by atoms with Crippen LogP contribution in [-0.4, -0.2) is 49.6 Å². The molecule has 3 rings (SSSR count). The molecule has 34 heavy (non-hydrogen) atoms. The number of rotatable bonds is 12. The van der Waals surface area contributed by atoms with Crippen LogP contribution in [0.4, 0.5) is 0 Å². The first-order valence-corrected chi connectivity index (χ1v) is 12.4. The van der Waals surface area contributed by atoms with Gasteiger partial charge < -0.3 is 19.7 Å². The van der Waals surface area contributed by atoms with Crippen molar-refractivity contribution in [3.8, 4) is 11.5 Å². The highest BCUT2D eigenvalue weighted by atomic mass is 16.5. The van der Waals surface area contributed by atoms with E-state index in [9.17, 15) is 9.59 Å². The Bertz CT molecular complexity index is 925. The zero-order chi connectivity index (χ0) is 24.3. The number of nitrogens with one attached hydrogen (secondary N) is 1. The summed E-state index contributed by atoms with van der Waals surface area (Å²) in [7, 11) is 3.21. The van der Waals surface area contributed by atoms with Gasteiger partial charge in [-0.05, 0) is 55.4 Å². The maximum absolute atomic E-state index is 13.4. The lowest BCUT2D eigenvalue weighted by molar-refractivity contribution is -0.141. The Morgan fingerprint density at radius 2 is 1.68 bits per heavy atom. The molecule has 1 fully saturated rings. The molecular formula is C28H38N2O4. The third-order valence-corrected chi connectivity index (χ3v) is 6.65. The molecule has 1 atom stereocenters. The van der Waals surface area contributed by atoms with Crippen molar-refractivity contribution in [2.75, 3.05) is 20.8 Å². The summed E-state index contributed by atoms with van der Waals surface area (Å²) in [5.74, 6) is 1.29. The van der Waals surface area contributed by atoms with Crippen LogP contribution in [0.1, 0.15) is 56.6 Å². The largest absolute Gasteiger partial charge is 0.493 e. The molecule has 2 aromatic carbocycles. The molecule has 1 aliphatic carbocycles. The molecule has 0 unspecified atom stereocenters. The van der Waals surface area contributed by atoms with Gasteiger partial charge in [0.1, 0.15) is 6.04 Å². The van der Waals surface area contributed by atoms with Gasteiger partial charge in [-0.2, -0.15) is 0 Å². The van der Waals surface area contributed by atoms with Crippen molar-refractivity contribution in [3.05, 3.63) is 59.7 Å². The van der Waals surface area contributed by atoms with Gasteiger partial charge >= 0.3 is 0 Å². The summed E-state index contributed by atoms with van der Waals surface area (Å²) >= 11 is 0. The van der Waals surface area contributed by atoms with E-state index in [4.69, 9.17) is 9.47 Å². The Morgan fingerprint density at radius 3 is 2.32 bits per heavy atom. The number of benzene rings is 2. The average molecular weight is 467 g/mol. The van der Waals surface area contributed by atoms with Crippen LogP contribution in [0.25, 0.3) is 0 Å². The number of nitrogens with zero attached hydrogens (tertiary/aromatic N) is 1. The Kier molecular flexibility index (Phi) is 9.80. The number of hydrogen-bond acceptors (Lipinski definition) is 4. The van der Waals surface area contributed by atoms with Crippen LogP contribution in [0, 0.1) is 0 Å². The summed E-state index contributed by atoms with van der Waals surface area (Å²) in [6, 6.07) is 15.6. The Hall–Kier alpha value is -3.02. The molecule has 1 N–H and O–H groups in total. The number of amides is 2. The summed E-state index contributed by atoms with van der Waals surface area (Å²) in [5.41, 5.74) is 2.16. The van der Waals surface area contributed by atoms with Gasteiger partial charge in [-0.25, -0.2) is 0 Å². The average Bonchev–Trinajstić information content (AvgIpc) is 3.38. The van der Waals surface area contributed by atoms with E-state index < -0.39 is 6.04 Å². The highest BCUT2D eigenvalue weighted by Gasteiger charge is 2.30. The first-order valence-electron chi connectivity index (χ1n) is 12.4. The molecule has 0 bridgehead atoms. The maximum Gasteiger partial charge on any atom is 0.243 e. The van der Waals surface area contributed by atoms with Crippen molar-refractivity contribution >= 4 is 11.8 Å². The first-order chi connectivity index (χ1) is 16.5. The van der Waals surface area contributed by atoms with Crippen molar-refractivity contribution < 1.29 is 19.1 Å². The van der Waals surface area contributed by atoms with Crippen LogP contribution in [0.15, 0.2) is 48.5 Å². The second-order valence-corrected chi connectivity index (χ2v) is 8.93. The van der Waals surface area contributed by atoms with Crippen molar-refractivity contribution in [3.63, 3.8) is 0 Å². The second kappa shape index (κ2) is 13.0. The van der Waals surface area contributed by atoms with Crippen molar-refractivity contribution in [2.24, 2.45) is 0 Å². The van der Waals surface area contributed by atoms with E-state index in [0.29, 0.717) is 37.3 Å². The molecule has 1 aliphatic rings. The summed E-state index contributed by atoms with van der Waals surface area (Å²) in [4.78, 5) is 28.4. The fourth-order valence-corrected chi connectivity index (χ4v) is 4.69. The Balaban J connectivity index is 1.71. The van der Waals surface area contributed by atoms with E-state index in [2.05, 4.69) is 17.4 Å². The number of aryl methyl sites for hydroxylation is 1. The molecule has 0 aromatic heterocycles. The smallest absolute Gasteiger partial charge is 0.243 e. The van der Waals surface area contributed by atoms with E-state index in [1.54, 1.807) is 19.1 Å². The number of methoxy groups -OCH3 is 2. The molecule has 0 aliphatic heterocycles. The zero-order valence-electron chi connectivity index (χ0n) is 20.7. The molecule has 0 heterocycles. The quantitative estimate of drug-likeness (QED) is 0.499. The maximum atomic E-state index is 13.4. The van der Waals surface area contributed by atoms with Crippen molar-refractivity contribution in [1.82, 2.24) is 10.2 Å². The molecular weight excluding hydrogens is 428 g/mol.